The van der Waals surface area contributed by atoms with E-state index in [1.165, 1.54) is 18.9 Å². The lowest BCUT2D eigenvalue weighted by Crippen LogP contribution is -2.09. The number of methoxy groups -OCH3 is 1. The Morgan fingerprint density at radius 3 is 2.35 bits per heavy atom. The van der Waals surface area contributed by atoms with Crippen LogP contribution in [0, 0.1) is 0 Å². The van der Waals surface area contributed by atoms with E-state index in [1.807, 2.05) is 42.5 Å². The Bertz CT molecular complexity index is 656. The van der Waals surface area contributed by atoms with Gasteiger partial charge in [0.1, 0.15) is 0 Å². The molecule has 0 aliphatic carbocycles. The van der Waals surface area contributed by atoms with E-state index in [2.05, 4.69) is 20.7 Å². The van der Waals surface area contributed by atoms with Crippen molar-refractivity contribution in [2.45, 2.75) is 11.7 Å². The maximum atomic E-state index is 12.5. The molecule has 0 aromatic heterocycles. The zero-order chi connectivity index (χ0) is 16.7. The van der Waals surface area contributed by atoms with E-state index in [9.17, 15) is 9.59 Å². The first-order valence-corrected chi connectivity index (χ1v) is 8.96. The van der Waals surface area contributed by atoms with Gasteiger partial charge in [0, 0.05) is 21.7 Å². The van der Waals surface area contributed by atoms with Gasteiger partial charge in [0.05, 0.1) is 12.9 Å². The number of ketones is 1. The Kier molecular flexibility index (Phi) is 6.86. The van der Waals surface area contributed by atoms with Gasteiger partial charge in [-0.05, 0) is 17.7 Å². The van der Waals surface area contributed by atoms with Gasteiger partial charge in [0.25, 0.3) is 0 Å². The molecule has 0 amide bonds. The molecule has 1 atom stereocenters. The number of carbonyl (C=O) groups excluding carboxylic acids is 2. The summed E-state index contributed by atoms with van der Waals surface area (Å²) in [7, 11) is 1.37. The molecule has 0 N–H and O–H groups in total. The SMILES string of the molecule is COC(=O)CS[C@H](CC(=O)c1ccc(Br)cc1)c1ccccc1. The van der Waals surface area contributed by atoms with Crippen LogP contribution in [0.15, 0.2) is 59.1 Å². The average molecular weight is 393 g/mol. The van der Waals surface area contributed by atoms with Crippen molar-refractivity contribution in [3.05, 3.63) is 70.2 Å². The fourth-order valence-electron chi connectivity index (χ4n) is 2.09. The quantitative estimate of drug-likeness (QED) is 0.507. The first-order valence-electron chi connectivity index (χ1n) is 7.12. The van der Waals surface area contributed by atoms with Crippen molar-refractivity contribution in [3.8, 4) is 0 Å². The summed E-state index contributed by atoms with van der Waals surface area (Å²) < 4.78 is 5.63. The third-order valence-electron chi connectivity index (χ3n) is 3.34. The van der Waals surface area contributed by atoms with E-state index in [-0.39, 0.29) is 22.8 Å². The summed E-state index contributed by atoms with van der Waals surface area (Å²) in [6.45, 7) is 0. The topological polar surface area (TPSA) is 43.4 Å². The van der Waals surface area contributed by atoms with Crippen LogP contribution in [0.3, 0.4) is 0 Å². The lowest BCUT2D eigenvalue weighted by Gasteiger charge is -2.16. The van der Waals surface area contributed by atoms with Crippen molar-refractivity contribution in [1.82, 2.24) is 0 Å². The molecule has 0 unspecified atom stereocenters. The molecule has 0 saturated carbocycles. The van der Waals surface area contributed by atoms with Crippen molar-refractivity contribution in [1.29, 1.82) is 0 Å². The van der Waals surface area contributed by atoms with Gasteiger partial charge in [-0.25, -0.2) is 0 Å². The molecule has 0 heterocycles. The molecule has 3 nitrogen and oxygen atoms in total. The molecule has 0 aliphatic rings. The van der Waals surface area contributed by atoms with Crippen LogP contribution in [-0.4, -0.2) is 24.6 Å². The van der Waals surface area contributed by atoms with Crippen LogP contribution in [0.5, 0.6) is 0 Å². The highest BCUT2D eigenvalue weighted by atomic mass is 79.9. The largest absolute Gasteiger partial charge is 0.468 e. The van der Waals surface area contributed by atoms with E-state index < -0.39 is 0 Å². The van der Waals surface area contributed by atoms with Crippen LogP contribution in [0.25, 0.3) is 0 Å². The predicted molar refractivity (Wildman–Crippen MR) is 96.7 cm³/mol. The minimum Gasteiger partial charge on any atom is -0.468 e. The maximum Gasteiger partial charge on any atom is 0.315 e. The number of esters is 1. The van der Waals surface area contributed by atoms with Gasteiger partial charge in [-0.3, -0.25) is 9.59 Å². The highest BCUT2D eigenvalue weighted by Crippen LogP contribution is 2.33. The fourth-order valence-corrected chi connectivity index (χ4v) is 3.43. The van der Waals surface area contributed by atoms with Crippen LogP contribution in [0.1, 0.15) is 27.6 Å². The normalized spacial score (nSPS) is 11.7. The van der Waals surface area contributed by atoms with Gasteiger partial charge < -0.3 is 4.74 Å². The monoisotopic (exact) mass is 392 g/mol. The Morgan fingerprint density at radius 1 is 1.09 bits per heavy atom. The maximum absolute atomic E-state index is 12.5. The van der Waals surface area contributed by atoms with Gasteiger partial charge in [0.2, 0.25) is 0 Å². The summed E-state index contributed by atoms with van der Waals surface area (Å²) >= 11 is 4.79. The molecular weight excluding hydrogens is 376 g/mol. The zero-order valence-electron chi connectivity index (χ0n) is 12.7. The van der Waals surface area contributed by atoms with Gasteiger partial charge in [-0.15, -0.1) is 11.8 Å². The highest BCUT2D eigenvalue weighted by Gasteiger charge is 2.19. The smallest absolute Gasteiger partial charge is 0.315 e. The van der Waals surface area contributed by atoms with Crippen molar-refractivity contribution < 1.29 is 14.3 Å². The molecule has 0 saturated heterocycles. The molecule has 0 radical (unpaired) electrons. The molecule has 5 heteroatoms. The van der Waals surface area contributed by atoms with E-state index in [4.69, 9.17) is 0 Å². The van der Waals surface area contributed by atoms with E-state index in [0.29, 0.717) is 12.0 Å². The Labute approximate surface area is 148 Å². The number of ether oxygens (including phenoxy) is 1. The molecule has 0 aliphatic heterocycles. The minimum atomic E-state index is -0.285. The van der Waals surface area contributed by atoms with E-state index in [1.54, 1.807) is 12.1 Å². The molecule has 2 aromatic rings. The third kappa shape index (κ3) is 5.52. The highest BCUT2D eigenvalue weighted by molar-refractivity contribution is 9.10. The molecular formula is C18H17BrO3S. The Morgan fingerprint density at radius 2 is 1.74 bits per heavy atom. The zero-order valence-corrected chi connectivity index (χ0v) is 15.1. The molecule has 2 rings (SSSR count). The second kappa shape index (κ2) is 8.89. The van der Waals surface area contributed by atoms with E-state index in [0.717, 1.165) is 10.0 Å². The third-order valence-corrected chi connectivity index (χ3v) is 5.11. The first kappa shape index (κ1) is 17.8. The lowest BCUT2D eigenvalue weighted by atomic mass is 10.0. The lowest BCUT2D eigenvalue weighted by molar-refractivity contribution is -0.137. The minimum absolute atomic E-state index is 0.0590. The van der Waals surface area contributed by atoms with Crippen LogP contribution in [-0.2, 0) is 9.53 Å². The number of rotatable bonds is 7. The van der Waals surface area contributed by atoms with Crippen molar-refractivity contribution >= 4 is 39.4 Å². The summed E-state index contributed by atoms with van der Waals surface area (Å²) in [6, 6.07) is 17.1. The number of benzene rings is 2. The molecule has 0 spiro atoms. The molecule has 0 fully saturated rings. The van der Waals surface area contributed by atoms with Gasteiger partial charge in [0.15, 0.2) is 5.78 Å². The standard InChI is InChI=1S/C18H17BrO3S/c1-22-18(21)12-23-17(14-5-3-2-4-6-14)11-16(20)13-7-9-15(19)10-8-13/h2-10,17H,11-12H2,1H3/t17-/m1/s1. The summed E-state index contributed by atoms with van der Waals surface area (Å²) in [5.74, 6) is -0.000294. The molecule has 2 aromatic carbocycles. The van der Waals surface area contributed by atoms with Gasteiger partial charge in [-0.1, -0.05) is 58.4 Å². The first-order chi connectivity index (χ1) is 11.1. The van der Waals surface area contributed by atoms with Crippen molar-refractivity contribution in [2.75, 3.05) is 12.9 Å². The summed E-state index contributed by atoms with van der Waals surface area (Å²) in [4.78, 5) is 23.9. The van der Waals surface area contributed by atoms with Gasteiger partial charge in [-0.2, -0.15) is 0 Å². The number of hydrogen-bond acceptors (Lipinski definition) is 4. The van der Waals surface area contributed by atoms with Crippen LogP contribution in [0.4, 0.5) is 0 Å². The van der Waals surface area contributed by atoms with Gasteiger partial charge >= 0.3 is 5.97 Å². The second-order valence-electron chi connectivity index (χ2n) is 4.92. The predicted octanol–water partition coefficient (Wildman–Crippen LogP) is 4.67. The van der Waals surface area contributed by atoms with Crippen LogP contribution < -0.4 is 0 Å². The number of hydrogen-bond donors (Lipinski definition) is 0. The van der Waals surface area contributed by atoms with Crippen LogP contribution >= 0.6 is 27.7 Å². The molecule has 23 heavy (non-hydrogen) atoms. The summed E-state index contributed by atoms with van der Waals surface area (Å²) in [5, 5.41) is -0.0774. The fraction of sp³-hybridized carbons (Fsp3) is 0.222. The molecule has 120 valence electrons. The second-order valence-corrected chi connectivity index (χ2v) is 7.03. The summed E-state index contributed by atoms with van der Waals surface area (Å²) in [6.07, 6.45) is 0.341. The number of halogens is 1. The van der Waals surface area contributed by atoms with E-state index >= 15 is 0 Å². The summed E-state index contributed by atoms with van der Waals surface area (Å²) in [5.41, 5.74) is 1.71. The Hall–Kier alpha value is -1.59. The Balaban J connectivity index is 2.11. The number of thioether (sulfide) groups is 1. The van der Waals surface area contributed by atoms with Crippen molar-refractivity contribution in [2.24, 2.45) is 0 Å². The van der Waals surface area contributed by atoms with Crippen LogP contribution in [0.2, 0.25) is 0 Å². The molecule has 0 bridgehead atoms. The number of carbonyl (C=O) groups is 2. The van der Waals surface area contributed by atoms with Crippen molar-refractivity contribution in [3.63, 3.8) is 0 Å². The number of Topliss-reactive ketones (excluding diaryl/α,β-unsaturated/α-hetero) is 1. The average Bonchev–Trinajstić information content (AvgIpc) is 2.59.